The van der Waals surface area contributed by atoms with Crippen molar-refractivity contribution in [2.75, 3.05) is 13.2 Å². The first-order valence-corrected chi connectivity index (χ1v) is 13.2. The van der Waals surface area contributed by atoms with Crippen LogP contribution < -0.4 is 4.74 Å². The van der Waals surface area contributed by atoms with Gasteiger partial charge in [0.05, 0.1) is 6.61 Å². The van der Waals surface area contributed by atoms with Gasteiger partial charge in [0.25, 0.3) is 0 Å². The van der Waals surface area contributed by atoms with Crippen molar-refractivity contribution >= 4 is 0 Å². The molecule has 0 saturated carbocycles. The highest BCUT2D eigenvalue weighted by Gasteiger charge is 2.34. The van der Waals surface area contributed by atoms with E-state index in [1.54, 1.807) is 0 Å². The summed E-state index contributed by atoms with van der Waals surface area (Å²) in [5.74, 6) is 6.56. The number of aliphatic hydroxyl groups is 1. The number of aryl methyl sites for hydroxylation is 2. The topological polar surface area (TPSA) is 47.9 Å². The maximum absolute atomic E-state index is 10.3. The van der Waals surface area contributed by atoms with Gasteiger partial charge in [0.1, 0.15) is 24.6 Å². The molecule has 1 aliphatic rings. The van der Waals surface area contributed by atoms with Gasteiger partial charge in [0, 0.05) is 11.0 Å². The maximum atomic E-state index is 10.3. The molecule has 4 nitrogen and oxygen atoms in total. The monoisotopic (exact) mass is 492 g/mol. The Morgan fingerprint density at radius 2 is 1.64 bits per heavy atom. The van der Waals surface area contributed by atoms with Gasteiger partial charge < -0.3 is 19.3 Å². The smallest absolute Gasteiger partial charge is 0.163 e. The second-order valence-electron chi connectivity index (χ2n) is 11.6. The van der Waals surface area contributed by atoms with Crippen molar-refractivity contribution in [3.8, 4) is 17.6 Å². The minimum absolute atomic E-state index is 0.0569. The quantitative estimate of drug-likeness (QED) is 0.437. The lowest BCUT2D eigenvalue weighted by Gasteiger charge is -2.34. The number of rotatable bonds is 7. The normalized spacial score (nSPS) is 18.4. The summed E-state index contributed by atoms with van der Waals surface area (Å²) in [4.78, 5) is 0. The van der Waals surface area contributed by atoms with Crippen molar-refractivity contribution in [2.45, 2.75) is 98.6 Å². The standard InChI is InChI=1S/C32H44O4/c1-10-32(11-2,25-14-12-24(22(3)18-25)13-17-29(33)30(5,6)7)26-15-16-28(23(4)19-26)34-20-27-21-35-31(8,9)36-27/h12,14-16,18-19,27,29,33H,10-11,20-21H2,1-9H3. The zero-order valence-electron chi connectivity index (χ0n) is 23.6. The van der Waals surface area contributed by atoms with Crippen molar-refractivity contribution in [3.63, 3.8) is 0 Å². The van der Waals surface area contributed by atoms with Crippen LogP contribution in [-0.4, -0.2) is 36.3 Å². The molecule has 0 spiro atoms. The molecule has 3 rings (SSSR count). The van der Waals surface area contributed by atoms with Crippen molar-refractivity contribution in [3.05, 3.63) is 64.2 Å². The number of hydrogen-bond acceptors (Lipinski definition) is 4. The van der Waals surface area contributed by atoms with Gasteiger partial charge in [-0.15, -0.1) is 0 Å². The SMILES string of the molecule is CCC(CC)(c1ccc(C#CC(O)C(C)(C)C)c(C)c1)c1ccc(OCC2COC(C)(C)O2)c(C)c1. The molecule has 1 heterocycles. The highest BCUT2D eigenvalue weighted by atomic mass is 16.7. The third-order valence-corrected chi connectivity index (χ3v) is 7.37. The van der Waals surface area contributed by atoms with Crippen molar-refractivity contribution in [1.82, 2.24) is 0 Å². The first-order chi connectivity index (χ1) is 16.8. The Morgan fingerprint density at radius 3 is 2.14 bits per heavy atom. The van der Waals surface area contributed by atoms with Gasteiger partial charge >= 0.3 is 0 Å². The Morgan fingerprint density at radius 1 is 1.03 bits per heavy atom. The lowest BCUT2D eigenvalue weighted by Crippen LogP contribution is -2.27. The van der Waals surface area contributed by atoms with Crippen LogP contribution in [0.15, 0.2) is 36.4 Å². The molecule has 1 aliphatic heterocycles. The van der Waals surface area contributed by atoms with Crippen LogP contribution in [0, 0.1) is 31.1 Å². The molecule has 0 amide bonds. The van der Waals surface area contributed by atoms with Gasteiger partial charge in [-0.1, -0.05) is 70.7 Å². The van der Waals surface area contributed by atoms with Crippen molar-refractivity contribution < 1.29 is 19.3 Å². The van der Waals surface area contributed by atoms with E-state index in [1.165, 1.54) is 11.1 Å². The fraction of sp³-hybridized carbons (Fsp3) is 0.562. The highest BCUT2D eigenvalue weighted by Crippen LogP contribution is 2.41. The summed E-state index contributed by atoms with van der Waals surface area (Å²) < 4.78 is 17.6. The average molecular weight is 493 g/mol. The molecule has 2 aromatic rings. The Balaban J connectivity index is 1.84. The van der Waals surface area contributed by atoms with Crippen molar-refractivity contribution in [1.29, 1.82) is 0 Å². The molecule has 1 N–H and O–H groups in total. The lowest BCUT2D eigenvalue weighted by molar-refractivity contribution is -0.141. The van der Waals surface area contributed by atoms with Gasteiger partial charge in [0.2, 0.25) is 0 Å². The van der Waals surface area contributed by atoms with Gasteiger partial charge in [-0.25, -0.2) is 0 Å². The van der Waals surface area contributed by atoms with Gasteiger partial charge in [0.15, 0.2) is 5.79 Å². The number of hydrogen-bond donors (Lipinski definition) is 1. The summed E-state index contributed by atoms with van der Waals surface area (Å²) in [6.45, 7) is 19.6. The molecule has 1 fully saturated rings. The van der Waals surface area contributed by atoms with Gasteiger partial charge in [-0.05, 0) is 80.3 Å². The van der Waals surface area contributed by atoms with Crippen LogP contribution in [0.1, 0.15) is 89.1 Å². The molecule has 4 heteroatoms. The second kappa shape index (κ2) is 11.0. The van der Waals surface area contributed by atoms with Crippen LogP contribution in [0.3, 0.4) is 0 Å². The van der Waals surface area contributed by atoms with E-state index in [2.05, 4.69) is 75.9 Å². The number of benzene rings is 2. The molecule has 0 aromatic heterocycles. The van der Waals surface area contributed by atoms with Crippen molar-refractivity contribution in [2.24, 2.45) is 5.41 Å². The molecular formula is C32H44O4. The molecule has 2 aromatic carbocycles. The Kier molecular flexibility index (Phi) is 8.61. The summed E-state index contributed by atoms with van der Waals surface area (Å²) in [5.41, 5.74) is 5.43. The second-order valence-corrected chi connectivity index (χ2v) is 11.6. The fourth-order valence-corrected chi connectivity index (χ4v) is 4.83. The summed E-state index contributed by atoms with van der Waals surface area (Å²) in [7, 11) is 0. The van der Waals surface area contributed by atoms with E-state index in [0.29, 0.717) is 13.2 Å². The summed E-state index contributed by atoms with van der Waals surface area (Å²) >= 11 is 0. The van der Waals surface area contributed by atoms with Gasteiger partial charge in [-0.3, -0.25) is 0 Å². The van der Waals surface area contributed by atoms with Crippen LogP contribution >= 0.6 is 0 Å². The zero-order valence-corrected chi connectivity index (χ0v) is 23.6. The summed E-state index contributed by atoms with van der Waals surface area (Å²) in [6, 6.07) is 13.1. The van der Waals surface area contributed by atoms with Crippen LogP contribution in [0.2, 0.25) is 0 Å². The van der Waals surface area contributed by atoms with Crippen LogP contribution in [0.4, 0.5) is 0 Å². The van der Waals surface area contributed by atoms with E-state index in [4.69, 9.17) is 14.2 Å². The van der Waals surface area contributed by atoms with E-state index >= 15 is 0 Å². The summed E-state index contributed by atoms with van der Waals surface area (Å²) in [6.07, 6.45) is 1.25. The van der Waals surface area contributed by atoms with Gasteiger partial charge in [-0.2, -0.15) is 0 Å². The first-order valence-electron chi connectivity index (χ1n) is 13.2. The molecule has 0 radical (unpaired) electrons. The Bertz CT molecular complexity index is 1110. The minimum atomic E-state index is -0.662. The predicted octanol–water partition coefficient (Wildman–Crippen LogP) is 6.70. The largest absolute Gasteiger partial charge is 0.491 e. The molecular weight excluding hydrogens is 448 g/mol. The Labute approximate surface area is 218 Å². The molecule has 196 valence electrons. The predicted molar refractivity (Wildman–Crippen MR) is 146 cm³/mol. The van der Waals surface area contributed by atoms with Crippen LogP contribution in [-0.2, 0) is 14.9 Å². The average Bonchev–Trinajstić information content (AvgIpc) is 3.16. The van der Waals surface area contributed by atoms with E-state index in [0.717, 1.165) is 35.3 Å². The van der Waals surface area contributed by atoms with Crippen LogP contribution in [0.25, 0.3) is 0 Å². The third kappa shape index (κ3) is 6.32. The van der Waals surface area contributed by atoms with E-state index in [-0.39, 0.29) is 16.9 Å². The molecule has 2 unspecified atom stereocenters. The zero-order chi connectivity index (χ0) is 26.7. The molecule has 36 heavy (non-hydrogen) atoms. The third-order valence-electron chi connectivity index (χ3n) is 7.37. The molecule has 0 bridgehead atoms. The molecule has 1 saturated heterocycles. The first kappa shape index (κ1) is 28.3. The van der Waals surface area contributed by atoms with E-state index in [1.807, 2.05) is 34.6 Å². The fourth-order valence-electron chi connectivity index (χ4n) is 4.83. The lowest BCUT2D eigenvalue weighted by atomic mass is 9.70. The van der Waals surface area contributed by atoms with Crippen LogP contribution in [0.5, 0.6) is 5.75 Å². The summed E-state index contributed by atoms with van der Waals surface area (Å²) in [5, 5.41) is 10.3. The van der Waals surface area contributed by atoms with E-state index in [9.17, 15) is 5.11 Å². The molecule has 2 atom stereocenters. The maximum Gasteiger partial charge on any atom is 0.163 e. The Hall–Kier alpha value is -2.32. The molecule has 0 aliphatic carbocycles. The number of aliphatic hydroxyl groups excluding tert-OH is 1. The highest BCUT2D eigenvalue weighted by molar-refractivity contribution is 5.50. The minimum Gasteiger partial charge on any atom is -0.491 e. The van der Waals surface area contributed by atoms with E-state index < -0.39 is 11.9 Å². The number of ether oxygens (including phenoxy) is 3.